The second-order valence-electron chi connectivity index (χ2n) is 4.35. The Bertz CT molecular complexity index is 435. The van der Waals surface area contributed by atoms with E-state index in [4.69, 9.17) is 10.5 Å². The third-order valence-electron chi connectivity index (χ3n) is 3.53. The Morgan fingerprint density at radius 2 is 2.33 bits per heavy atom. The second-order valence-corrected chi connectivity index (χ2v) is 5.21. The molecule has 1 aliphatic heterocycles. The first-order chi connectivity index (χ1) is 7.17. The summed E-state index contributed by atoms with van der Waals surface area (Å²) < 4.78 is 6.34. The summed E-state index contributed by atoms with van der Waals surface area (Å²) in [5.74, 6) is 0.874. The Morgan fingerprint density at radius 3 is 2.93 bits per heavy atom. The molecule has 2 aliphatic rings. The highest BCUT2D eigenvalue weighted by atomic mass is 79.9. The maximum absolute atomic E-state index is 6.02. The lowest BCUT2D eigenvalue weighted by Crippen LogP contribution is -2.20. The number of benzene rings is 1. The first-order valence-electron chi connectivity index (χ1n) is 5.05. The van der Waals surface area contributed by atoms with Gasteiger partial charge in [0.05, 0.1) is 7.11 Å². The molecule has 1 heterocycles. The maximum Gasteiger partial charge on any atom is 0.122 e. The summed E-state index contributed by atoms with van der Waals surface area (Å²) in [6.07, 6.45) is 1.08. The van der Waals surface area contributed by atoms with E-state index in [2.05, 4.69) is 21.2 Å². The molecule has 3 nitrogen and oxygen atoms in total. The predicted molar refractivity (Wildman–Crippen MR) is 63.5 cm³/mol. The zero-order chi connectivity index (χ0) is 10.6. The van der Waals surface area contributed by atoms with Gasteiger partial charge in [-0.3, -0.25) is 0 Å². The molecule has 1 fully saturated rings. The number of ether oxygens (including phenoxy) is 1. The zero-order valence-corrected chi connectivity index (χ0v) is 10.1. The molecule has 4 heteroatoms. The Balaban J connectivity index is 2.14. The molecule has 2 unspecified atom stereocenters. The van der Waals surface area contributed by atoms with Crippen molar-refractivity contribution >= 4 is 21.6 Å². The highest BCUT2D eigenvalue weighted by Crippen LogP contribution is 2.56. The van der Waals surface area contributed by atoms with E-state index in [1.54, 1.807) is 7.11 Å². The van der Waals surface area contributed by atoms with Crippen LogP contribution in [0.1, 0.15) is 12.0 Å². The van der Waals surface area contributed by atoms with Gasteiger partial charge in [0, 0.05) is 34.2 Å². The standard InChI is InChI=1S/C11H13BrN2O/c1-15-6-2-7(12)10-8(3-6)14-5-11(10)4-9(11)13/h2-3,9,14H,4-5,13H2,1H3. The van der Waals surface area contributed by atoms with Crippen LogP contribution in [0.5, 0.6) is 5.75 Å². The number of fused-ring (bicyclic) bond motifs is 2. The predicted octanol–water partition coefficient (Wildman–Crippen LogP) is 1.85. The summed E-state index contributed by atoms with van der Waals surface area (Å²) in [5, 5.41) is 3.41. The van der Waals surface area contributed by atoms with Crippen LogP contribution in [0.25, 0.3) is 0 Å². The van der Waals surface area contributed by atoms with Gasteiger partial charge in [0.15, 0.2) is 0 Å². The molecule has 80 valence electrons. The van der Waals surface area contributed by atoms with Crippen molar-refractivity contribution in [2.75, 3.05) is 19.0 Å². The van der Waals surface area contributed by atoms with E-state index in [9.17, 15) is 0 Å². The number of halogens is 1. The van der Waals surface area contributed by atoms with E-state index in [-0.39, 0.29) is 5.41 Å². The van der Waals surface area contributed by atoms with Crippen molar-refractivity contribution in [3.05, 3.63) is 22.2 Å². The average molecular weight is 269 g/mol. The number of hydrogen-bond donors (Lipinski definition) is 2. The highest BCUT2D eigenvalue weighted by Gasteiger charge is 2.57. The van der Waals surface area contributed by atoms with E-state index in [1.165, 1.54) is 5.56 Å². The van der Waals surface area contributed by atoms with Crippen LogP contribution in [0, 0.1) is 0 Å². The van der Waals surface area contributed by atoms with Crippen LogP contribution < -0.4 is 15.8 Å². The number of methoxy groups -OCH3 is 1. The average Bonchev–Trinajstić information content (AvgIpc) is 2.69. The Labute approximate surface area is 97.1 Å². The lowest BCUT2D eigenvalue weighted by molar-refractivity contribution is 0.414. The monoisotopic (exact) mass is 268 g/mol. The van der Waals surface area contributed by atoms with Crippen molar-refractivity contribution < 1.29 is 4.74 Å². The molecule has 0 aromatic heterocycles. The molecule has 1 aromatic rings. The molecular formula is C11H13BrN2O. The van der Waals surface area contributed by atoms with Crippen molar-refractivity contribution in [3.63, 3.8) is 0 Å². The minimum absolute atomic E-state index is 0.181. The largest absolute Gasteiger partial charge is 0.497 e. The quantitative estimate of drug-likeness (QED) is 0.818. The van der Waals surface area contributed by atoms with Crippen molar-refractivity contribution in [1.29, 1.82) is 0 Å². The molecule has 2 atom stereocenters. The topological polar surface area (TPSA) is 47.3 Å². The number of nitrogens with one attached hydrogen (secondary N) is 1. The van der Waals surface area contributed by atoms with Gasteiger partial charge in [-0.25, -0.2) is 0 Å². The molecule has 0 bridgehead atoms. The highest BCUT2D eigenvalue weighted by molar-refractivity contribution is 9.10. The Morgan fingerprint density at radius 1 is 1.60 bits per heavy atom. The first kappa shape index (κ1) is 9.48. The van der Waals surface area contributed by atoms with Gasteiger partial charge in [0.1, 0.15) is 5.75 Å². The summed E-state index contributed by atoms with van der Waals surface area (Å²) >= 11 is 3.61. The van der Waals surface area contributed by atoms with Crippen LogP contribution in [0.3, 0.4) is 0 Å². The second kappa shape index (κ2) is 2.89. The van der Waals surface area contributed by atoms with Crippen molar-refractivity contribution in [1.82, 2.24) is 0 Å². The zero-order valence-electron chi connectivity index (χ0n) is 8.51. The van der Waals surface area contributed by atoms with Gasteiger partial charge in [-0.05, 0) is 18.1 Å². The third kappa shape index (κ3) is 1.15. The molecule has 1 aromatic carbocycles. The number of nitrogens with two attached hydrogens (primary N) is 1. The molecule has 15 heavy (non-hydrogen) atoms. The van der Waals surface area contributed by atoms with E-state index in [0.29, 0.717) is 6.04 Å². The molecule has 0 saturated heterocycles. The van der Waals surface area contributed by atoms with Crippen LogP contribution in [0.4, 0.5) is 5.69 Å². The Kier molecular flexibility index (Phi) is 1.83. The fourth-order valence-corrected chi connectivity index (χ4v) is 3.34. The van der Waals surface area contributed by atoms with Crippen LogP contribution >= 0.6 is 15.9 Å². The van der Waals surface area contributed by atoms with Gasteiger partial charge in [-0.2, -0.15) is 0 Å². The van der Waals surface area contributed by atoms with Crippen molar-refractivity contribution in [2.24, 2.45) is 5.73 Å². The van der Waals surface area contributed by atoms with Crippen molar-refractivity contribution in [3.8, 4) is 5.75 Å². The molecule has 0 radical (unpaired) electrons. The van der Waals surface area contributed by atoms with Gasteiger partial charge in [-0.1, -0.05) is 15.9 Å². The Hall–Kier alpha value is -0.740. The number of anilines is 1. The summed E-state index contributed by atoms with van der Waals surface area (Å²) in [7, 11) is 1.68. The fourth-order valence-electron chi connectivity index (χ4n) is 2.51. The smallest absolute Gasteiger partial charge is 0.122 e. The van der Waals surface area contributed by atoms with Gasteiger partial charge >= 0.3 is 0 Å². The SMILES string of the molecule is COc1cc(Br)c2c(c1)NCC21CC1N. The number of hydrogen-bond acceptors (Lipinski definition) is 3. The van der Waals surface area contributed by atoms with Crippen molar-refractivity contribution in [2.45, 2.75) is 17.9 Å². The van der Waals surface area contributed by atoms with E-state index in [1.807, 2.05) is 12.1 Å². The normalized spacial score (nSPS) is 31.3. The first-order valence-corrected chi connectivity index (χ1v) is 5.84. The van der Waals surface area contributed by atoms with Gasteiger partial charge in [0.25, 0.3) is 0 Å². The molecule has 1 saturated carbocycles. The van der Waals surface area contributed by atoms with E-state index < -0.39 is 0 Å². The van der Waals surface area contributed by atoms with Gasteiger partial charge < -0.3 is 15.8 Å². The summed E-state index contributed by atoms with van der Waals surface area (Å²) in [6.45, 7) is 0.954. The maximum atomic E-state index is 6.02. The molecular weight excluding hydrogens is 256 g/mol. The molecule has 3 N–H and O–H groups in total. The molecule has 0 amide bonds. The molecule has 3 rings (SSSR count). The minimum atomic E-state index is 0.181. The summed E-state index contributed by atoms with van der Waals surface area (Å²) in [4.78, 5) is 0. The van der Waals surface area contributed by atoms with Crippen LogP contribution in [-0.2, 0) is 5.41 Å². The van der Waals surface area contributed by atoms with Crippen LogP contribution in [-0.4, -0.2) is 19.7 Å². The van der Waals surface area contributed by atoms with Crippen LogP contribution in [0.2, 0.25) is 0 Å². The molecule has 1 spiro atoms. The third-order valence-corrected chi connectivity index (χ3v) is 4.15. The van der Waals surface area contributed by atoms with Gasteiger partial charge in [0.2, 0.25) is 0 Å². The minimum Gasteiger partial charge on any atom is -0.497 e. The number of rotatable bonds is 1. The van der Waals surface area contributed by atoms with Crippen LogP contribution in [0.15, 0.2) is 16.6 Å². The molecule has 1 aliphatic carbocycles. The summed E-state index contributed by atoms with van der Waals surface area (Å²) in [6, 6.07) is 4.36. The lowest BCUT2D eigenvalue weighted by Gasteiger charge is -2.11. The van der Waals surface area contributed by atoms with Gasteiger partial charge in [-0.15, -0.1) is 0 Å². The lowest BCUT2D eigenvalue weighted by atomic mass is 9.97. The fraction of sp³-hybridized carbons (Fsp3) is 0.455. The van der Waals surface area contributed by atoms with E-state index >= 15 is 0 Å². The van der Waals surface area contributed by atoms with E-state index in [0.717, 1.165) is 28.9 Å². The summed E-state index contributed by atoms with van der Waals surface area (Å²) in [5.41, 5.74) is 8.70.